The maximum Gasteiger partial charge on any atom is 0.269 e. The predicted molar refractivity (Wildman–Crippen MR) is 108 cm³/mol. The summed E-state index contributed by atoms with van der Waals surface area (Å²) in [4.78, 5) is 37.2. The van der Waals surface area contributed by atoms with Crippen molar-refractivity contribution >= 4 is 11.8 Å². The minimum absolute atomic E-state index is 0.0715. The average molecular weight is 404 g/mol. The number of H-pyrrole nitrogens is 1. The zero-order valence-corrected chi connectivity index (χ0v) is 17.5. The topological polar surface area (TPSA) is 90.6 Å². The number of aromatic nitrogens is 2. The average Bonchev–Trinajstić information content (AvgIpc) is 3.15. The molecule has 0 spiro atoms. The molecular formula is C21H33N5O3. The highest BCUT2D eigenvalue weighted by Gasteiger charge is 2.49. The number of nitrogens with zero attached hydrogens (tertiary/aromatic N) is 3. The van der Waals surface area contributed by atoms with Crippen LogP contribution in [0.5, 0.6) is 0 Å². The molecule has 0 aliphatic carbocycles. The van der Waals surface area contributed by atoms with Crippen molar-refractivity contribution in [3.8, 4) is 0 Å². The van der Waals surface area contributed by atoms with Gasteiger partial charge in [-0.2, -0.15) is 0 Å². The summed E-state index contributed by atoms with van der Waals surface area (Å²) in [5.41, 5.74) is 0.475. The van der Waals surface area contributed by atoms with Crippen LogP contribution in [0, 0.1) is 18.8 Å². The van der Waals surface area contributed by atoms with E-state index in [-0.39, 0.29) is 17.9 Å². The molecule has 8 nitrogen and oxygen atoms in total. The van der Waals surface area contributed by atoms with Crippen molar-refractivity contribution < 1.29 is 14.3 Å². The Hall–Kier alpha value is -1.93. The minimum atomic E-state index is -0.151. The maximum atomic E-state index is 12.8. The number of aryl methyl sites for hydroxylation is 1. The van der Waals surface area contributed by atoms with Crippen molar-refractivity contribution in [2.24, 2.45) is 11.8 Å². The first-order valence-electron chi connectivity index (χ1n) is 10.9. The number of piperidine rings is 3. The molecule has 4 rings (SSSR count). The second-order valence-electron chi connectivity index (χ2n) is 8.78. The third-order valence-electron chi connectivity index (χ3n) is 6.81. The standard InChI is InChI=1S/C21H33N5O3/c1-14-22-10-17(24-14)21(28)23-11-19-16-9-15(12-25(13-16)7-4-8-29-2)18-5-3-6-20(27)26(18)19/h10,15-16,18-19H,3-9,11-13H2,1-2H3,(H,22,24)(H,23,28)/t15-,16-,18-,19-/m0/s1. The van der Waals surface area contributed by atoms with Crippen LogP contribution < -0.4 is 5.32 Å². The van der Waals surface area contributed by atoms with E-state index in [4.69, 9.17) is 4.74 Å². The molecule has 0 radical (unpaired) electrons. The van der Waals surface area contributed by atoms with Crippen LogP contribution in [0.25, 0.3) is 0 Å². The van der Waals surface area contributed by atoms with Gasteiger partial charge in [-0.3, -0.25) is 9.59 Å². The highest BCUT2D eigenvalue weighted by atomic mass is 16.5. The number of nitrogens with one attached hydrogen (secondary N) is 2. The number of methoxy groups -OCH3 is 1. The van der Waals surface area contributed by atoms with Crippen molar-refractivity contribution in [3.05, 3.63) is 17.7 Å². The van der Waals surface area contributed by atoms with Gasteiger partial charge >= 0.3 is 0 Å². The molecule has 2 amide bonds. The second-order valence-corrected chi connectivity index (χ2v) is 8.78. The third kappa shape index (κ3) is 4.33. The number of carbonyl (C=O) groups is 2. The van der Waals surface area contributed by atoms with Gasteiger partial charge in [-0.15, -0.1) is 0 Å². The van der Waals surface area contributed by atoms with Crippen LogP contribution in [0.2, 0.25) is 0 Å². The van der Waals surface area contributed by atoms with Crippen molar-refractivity contribution in [3.63, 3.8) is 0 Å². The van der Waals surface area contributed by atoms with E-state index in [1.54, 1.807) is 13.3 Å². The molecule has 4 heterocycles. The van der Waals surface area contributed by atoms with E-state index in [0.29, 0.717) is 36.5 Å². The van der Waals surface area contributed by atoms with Crippen LogP contribution in [-0.2, 0) is 9.53 Å². The quantitative estimate of drug-likeness (QED) is 0.668. The van der Waals surface area contributed by atoms with Gasteiger partial charge in [-0.05, 0) is 44.4 Å². The molecule has 2 bridgehead atoms. The zero-order valence-electron chi connectivity index (χ0n) is 17.5. The van der Waals surface area contributed by atoms with Gasteiger partial charge in [0.15, 0.2) is 0 Å². The fourth-order valence-electron chi connectivity index (χ4n) is 5.58. The largest absolute Gasteiger partial charge is 0.385 e. The molecule has 1 aromatic rings. The monoisotopic (exact) mass is 403 g/mol. The number of likely N-dealkylation sites (tertiary alicyclic amines) is 1. The summed E-state index contributed by atoms with van der Waals surface area (Å²) in [6.45, 7) is 6.20. The molecule has 3 aliphatic heterocycles. The Morgan fingerprint density at radius 1 is 1.38 bits per heavy atom. The zero-order chi connectivity index (χ0) is 20.4. The lowest BCUT2D eigenvalue weighted by Gasteiger charge is -2.56. The first-order valence-corrected chi connectivity index (χ1v) is 10.9. The fraction of sp³-hybridized carbons (Fsp3) is 0.762. The summed E-state index contributed by atoms with van der Waals surface area (Å²) in [5, 5.41) is 3.06. The molecule has 0 saturated carbocycles. The first-order chi connectivity index (χ1) is 14.1. The Morgan fingerprint density at radius 2 is 2.21 bits per heavy atom. The smallest absolute Gasteiger partial charge is 0.269 e. The minimum Gasteiger partial charge on any atom is -0.385 e. The number of ether oxygens (including phenoxy) is 1. The number of aromatic amines is 1. The lowest BCUT2D eigenvalue weighted by atomic mass is 9.72. The molecular weight excluding hydrogens is 370 g/mol. The summed E-state index contributed by atoms with van der Waals surface area (Å²) in [7, 11) is 1.75. The number of rotatable bonds is 7. The molecule has 2 N–H and O–H groups in total. The Morgan fingerprint density at radius 3 is 2.97 bits per heavy atom. The Kier molecular flexibility index (Phi) is 6.20. The molecule has 0 unspecified atom stereocenters. The molecule has 8 heteroatoms. The highest BCUT2D eigenvalue weighted by molar-refractivity contribution is 5.92. The van der Waals surface area contributed by atoms with Crippen LogP contribution in [0.4, 0.5) is 0 Å². The molecule has 160 valence electrons. The van der Waals surface area contributed by atoms with Crippen LogP contribution in [0.15, 0.2) is 6.20 Å². The van der Waals surface area contributed by atoms with Crippen molar-refractivity contribution in [2.45, 2.75) is 51.1 Å². The molecule has 4 atom stereocenters. The predicted octanol–water partition coefficient (Wildman–Crippen LogP) is 1.19. The Bertz CT molecular complexity index is 736. The number of fused-ring (bicyclic) bond motifs is 4. The fourth-order valence-corrected chi connectivity index (χ4v) is 5.58. The molecule has 29 heavy (non-hydrogen) atoms. The number of imidazole rings is 1. The number of hydrogen-bond acceptors (Lipinski definition) is 5. The van der Waals surface area contributed by atoms with E-state index in [0.717, 1.165) is 57.7 Å². The normalized spacial score (nSPS) is 29.6. The second kappa shape index (κ2) is 8.83. The molecule has 3 fully saturated rings. The third-order valence-corrected chi connectivity index (χ3v) is 6.81. The number of carbonyl (C=O) groups excluding carboxylic acids is 2. The highest BCUT2D eigenvalue weighted by Crippen LogP contribution is 2.41. The molecule has 1 aromatic heterocycles. The van der Waals surface area contributed by atoms with Gasteiger partial charge in [0.1, 0.15) is 11.5 Å². The molecule has 3 saturated heterocycles. The van der Waals surface area contributed by atoms with Crippen LogP contribution >= 0.6 is 0 Å². The molecule has 3 aliphatic rings. The van der Waals surface area contributed by atoms with E-state index in [1.807, 2.05) is 6.92 Å². The van der Waals surface area contributed by atoms with Crippen molar-refractivity contribution in [1.82, 2.24) is 25.1 Å². The first kappa shape index (κ1) is 20.3. The number of amides is 2. The summed E-state index contributed by atoms with van der Waals surface area (Å²) in [5.74, 6) is 1.78. The van der Waals surface area contributed by atoms with Gasteiger partial charge in [0, 0.05) is 52.4 Å². The van der Waals surface area contributed by atoms with E-state index in [1.165, 1.54) is 0 Å². The SMILES string of the molecule is COCCCN1C[C@@H]2C[C@@H](C1)[C@H](CNC(=O)c1cnc(C)[nH]1)N1C(=O)CCC[C@@H]21. The lowest BCUT2D eigenvalue weighted by molar-refractivity contribution is -0.152. The van der Waals surface area contributed by atoms with Crippen molar-refractivity contribution in [1.29, 1.82) is 0 Å². The van der Waals surface area contributed by atoms with Crippen LogP contribution in [-0.4, -0.2) is 83.6 Å². The van der Waals surface area contributed by atoms with E-state index in [2.05, 4.69) is 25.1 Å². The van der Waals surface area contributed by atoms with E-state index in [9.17, 15) is 9.59 Å². The summed E-state index contributed by atoms with van der Waals surface area (Å²) in [6.07, 6.45) is 6.45. The van der Waals surface area contributed by atoms with E-state index < -0.39 is 0 Å². The van der Waals surface area contributed by atoms with Crippen molar-refractivity contribution in [2.75, 3.05) is 39.9 Å². The lowest BCUT2D eigenvalue weighted by Crippen LogP contribution is -2.67. The van der Waals surface area contributed by atoms with Crippen LogP contribution in [0.1, 0.15) is 48.4 Å². The summed E-state index contributed by atoms with van der Waals surface area (Å²) < 4.78 is 5.22. The maximum absolute atomic E-state index is 12.8. The van der Waals surface area contributed by atoms with Crippen LogP contribution in [0.3, 0.4) is 0 Å². The van der Waals surface area contributed by atoms with Gasteiger partial charge in [0.25, 0.3) is 5.91 Å². The summed E-state index contributed by atoms with van der Waals surface area (Å²) >= 11 is 0. The Balaban J connectivity index is 1.47. The molecule has 0 aromatic carbocycles. The number of hydrogen-bond donors (Lipinski definition) is 2. The van der Waals surface area contributed by atoms with Gasteiger partial charge in [-0.1, -0.05) is 0 Å². The Labute approximate surface area is 172 Å². The van der Waals surface area contributed by atoms with Gasteiger partial charge in [-0.25, -0.2) is 4.98 Å². The van der Waals surface area contributed by atoms with Gasteiger partial charge < -0.3 is 24.8 Å². The summed E-state index contributed by atoms with van der Waals surface area (Å²) in [6, 6.07) is 0.385. The van der Waals surface area contributed by atoms with Gasteiger partial charge in [0.2, 0.25) is 5.91 Å². The van der Waals surface area contributed by atoms with Gasteiger partial charge in [0.05, 0.1) is 12.2 Å². The van der Waals surface area contributed by atoms with E-state index >= 15 is 0 Å².